The second kappa shape index (κ2) is 4.33. The van der Waals surface area contributed by atoms with E-state index in [4.69, 9.17) is 5.11 Å². The Labute approximate surface area is 102 Å². The number of aromatic carboxylic acids is 1. The first-order valence-corrected chi connectivity index (χ1v) is 5.12. The van der Waals surface area contributed by atoms with Gasteiger partial charge in [-0.2, -0.15) is 5.10 Å². The number of carbonyl (C=O) groups is 1. The predicted octanol–water partition coefficient (Wildman–Crippen LogP) is 1.15. The molecule has 2 rings (SSSR count). The number of rotatable bonds is 2. The molecule has 1 aromatic carbocycles. The lowest BCUT2D eigenvalue weighted by Gasteiger charge is -2.04. The summed E-state index contributed by atoms with van der Waals surface area (Å²) in [6.45, 7) is 1.71. The van der Waals surface area contributed by atoms with E-state index < -0.39 is 11.5 Å². The van der Waals surface area contributed by atoms with Gasteiger partial charge in [-0.15, -0.1) is 0 Å². The number of nitrogens with zero attached hydrogens (tertiary/aromatic N) is 1. The molecule has 0 amide bonds. The molecular formula is C12H10N2O4. The van der Waals surface area contributed by atoms with Gasteiger partial charge in [0.25, 0.3) is 5.56 Å². The van der Waals surface area contributed by atoms with E-state index >= 15 is 0 Å². The van der Waals surface area contributed by atoms with Crippen molar-refractivity contribution in [1.29, 1.82) is 0 Å². The highest BCUT2D eigenvalue weighted by molar-refractivity contribution is 5.88. The lowest BCUT2D eigenvalue weighted by Crippen LogP contribution is -2.18. The van der Waals surface area contributed by atoms with Crippen molar-refractivity contribution in [3.8, 4) is 17.0 Å². The number of aromatic nitrogens is 2. The van der Waals surface area contributed by atoms with Crippen molar-refractivity contribution < 1.29 is 15.0 Å². The smallest absolute Gasteiger partial charge is 0.341 e. The lowest BCUT2D eigenvalue weighted by atomic mass is 10.1. The molecule has 2 aromatic rings. The average molecular weight is 246 g/mol. The van der Waals surface area contributed by atoms with E-state index in [1.54, 1.807) is 19.1 Å². The molecule has 0 aliphatic rings. The Morgan fingerprint density at radius 3 is 2.67 bits per heavy atom. The summed E-state index contributed by atoms with van der Waals surface area (Å²) in [6, 6.07) is 5.93. The first-order valence-electron chi connectivity index (χ1n) is 5.12. The second-order valence-electron chi connectivity index (χ2n) is 3.80. The summed E-state index contributed by atoms with van der Waals surface area (Å²) >= 11 is 0. The normalized spacial score (nSPS) is 10.3. The molecule has 0 aliphatic carbocycles. The van der Waals surface area contributed by atoms with Crippen LogP contribution < -0.4 is 5.56 Å². The van der Waals surface area contributed by atoms with Gasteiger partial charge in [0.15, 0.2) is 0 Å². The zero-order valence-corrected chi connectivity index (χ0v) is 9.47. The van der Waals surface area contributed by atoms with Crippen LogP contribution in [0.15, 0.2) is 29.1 Å². The van der Waals surface area contributed by atoms with Gasteiger partial charge in [-0.3, -0.25) is 4.79 Å². The Bertz CT molecular complexity index is 676. The molecule has 0 unspecified atom stereocenters. The number of phenols is 1. The van der Waals surface area contributed by atoms with Crippen LogP contribution in [0.4, 0.5) is 0 Å². The highest BCUT2D eigenvalue weighted by atomic mass is 16.4. The van der Waals surface area contributed by atoms with Gasteiger partial charge >= 0.3 is 5.97 Å². The first kappa shape index (κ1) is 11.8. The van der Waals surface area contributed by atoms with Crippen LogP contribution in [-0.2, 0) is 0 Å². The lowest BCUT2D eigenvalue weighted by molar-refractivity contribution is 0.0694. The largest absolute Gasteiger partial charge is 0.508 e. The van der Waals surface area contributed by atoms with E-state index in [1.165, 1.54) is 12.1 Å². The highest BCUT2D eigenvalue weighted by Gasteiger charge is 2.11. The van der Waals surface area contributed by atoms with Gasteiger partial charge < -0.3 is 10.2 Å². The fourth-order valence-corrected chi connectivity index (χ4v) is 1.53. The summed E-state index contributed by atoms with van der Waals surface area (Å²) < 4.78 is 0. The minimum Gasteiger partial charge on any atom is -0.508 e. The molecule has 6 nitrogen and oxygen atoms in total. The van der Waals surface area contributed by atoms with Crippen molar-refractivity contribution in [2.45, 2.75) is 6.92 Å². The SMILES string of the molecule is Cc1cc(-c2cc(C(=O)O)c(=O)[nH]n2)ccc1O. The van der Waals surface area contributed by atoms with Crippen LogP contribution in [0.25, 0.3) is 11.3 Å². The van der Waals surface area contributed by atoms with Crippen LogP contribution in [0.1, 0.15) is 15.9 Å². The number of carboxylic acids is 1. The Kier molecular flexibility index (Phi) is 2.85. The fraction of sp³-hybridized carbons (Fsp3) is 0.0833. The predicted molar refractivity (Wildman–Crippen MR) is 63.7 cm³/mol. The molecule has 0 fully saturated rings. The Hall–Kier alpha value is -2.63. The van der Waals surface area contributed by atoms with Crippen LogP contribution in [0.5, 0.6) is 5.75 Å². The third-order valence-corrected chi connectivity index (χ3v) is 2.53. The number of H-pyrrole nitrogens is 1. The molecule has 1 aromatic heterocycles. The van der Waals surface area contributed by atoms with Crippen molar-refractivity contribution in [3.63, 3.8) is 0 Å². The van der Waals surface area contributed by atoms with Crippen molar-refractivity contribution in [3.05, 3.63) is 45.7 Å². The molecule has 6 heteroatoms. The van der Waals surface area contributed by atoms with Crippen LogP contribution in [0.3, 0.4) is 0 Å². The minimum atomic E-state index is -1.31. The van der Waals surface area contributed by atoms with Gasteiger partial charge in [0.05, 0.1) is 5.69 Å². The fourth-order valence-electron chi connectivity index (χ4n) is 1.53. The van der Waals surface area contributed by atoms with Crippen LogP contribution in [-0.4, -0.2) is 26.4 Å². The second-order valence-corrected chi connectivity index (χ2v) is 3.80. The van der Waals surface area contributed by atoms with Crippen LogP contribution in [0.2, 0.25) is 0 Å². The van der Waals surface area contributed by atoms with E-state index in [1.807, 2.05) is 0 Å². The molecule has 0 atom stereocenters. The maximum atomic E-state index is 11.2. The van der Waals surface area contributed by atoms with E-state index in [9.17, 15) is 14.7 Å². The molecule has 3 N–H and O–H groups in total. The van der Waals surface area contributed by atoms with E-state index in [2.05, 4.69) is 10.2 Å². The molecule has 92 valence electrons. The van der Waals surface area contributed by atoms with E-state index in [0.717, 1.165) is 0 Å². The Morgan fingerprint density at radius 2 is 2.06 bits per heavy atom. The quantitative estimate of drug-likeness (QED) is 0.737. The van der Waals surface area contributed by atoms with Crippen molar-refractivity contribution >= 4 is 5.97 Å². The van der Waals surface area contributed by atoms with Crippen LogP contribution >= 0.6 is 0 Å². The Morgan fingerprint density at radius 1 is 1.33 bits per heavy atom. The number of hydrogen-bond acceptors (Lipinski definition) is 4. The molecular weight excluding hydrogens is 236 g/mol. The molecule has 0 saturated heterocycles. The summed E-state index contributed by atoms with van der Waals surface area (Å²) in [5.41, 5.74) is 0.462. The third kappa shape index (κ3) is 2.08. The maximum absolute atomic E-state index is 11.2. The third-order valence-electron chi connectivity index (χ3n) is 2.53. The van der Waals surface area contributed by atoms with Crippen LogP contribution in [0, 0.1) is 6.92 Å². The van der Waals surface area contributed by atoms with E-state index in [-0.39, 0.29) is 11.3 Å². The van der Waals surface area contributed by atoms with Gasteiger partial charge in [-0.25, -0.2) is 9.89 Å². The van der Waals surface area contributed by atoms with Crippen molar-refractivity contribution in [1.82, 2.24) is 10.2 Å². The van der Waals surface area contributed by atoms with Gasteiger partial charge in [0, 0.05) is 5.56 Å². The summed E-state index contributed by atoms with van der Waals surface area (Å²) in [4.78, 5) is 22.1. The summed E-state index contributed by atoms with van der Waals surface area (Å²) in [6.07, 6.45) is 0. The minimum absolute atomic E-state index is 0.140. The summed E-state index contributed by atoms with van der Waals surface area (Å²) in [5, 5.41) is 24.2. The number of hydrogen-bond donors (Lipinski definition) is 3. The maximum Gasteiger partial charge on any atom is 0.341 e. The van der Waals surface area contributed by atoms with Gasteiger partial charge in [0.1, 0.15) is 11.3 Å². The molecule has 0 spiro atoms. The zero-order chi connectivity index (χ0) is 13.3. The van der Waals surface area contributed by atoms with Gasteiger partial charge in [-0.1, -0.05) is 0 Å². The molecule has 1 heterocycles. The number of benzene rings is 1. The monoisotopic (exact) mass is 246 g/mol. The molecule has 0 saturated carbocycles. The van der Waals surface area contributed by atoms with Gasteiger partial charge in [0.2, 0.25) is 0 Å². The highest BCUT2D eigenvalue weighted by Crippen LogP contribution is 2.23. The van der Waals surface area contributed by atoms with Crippen molar-refractivity contribution in [2.24, 2.45) is 0 Å². The van der Waals surface area contributed by atoms with E-state index in [0.29, 0.717) is 16.8 Å². The number of aromatic amines is 1. The number of aryl methyl sites for hydroxylation is 1. The molecule has 0 aliphatic heterocycles. The summed E-state index contributed by atoms with van der Waals surface area (Å²) in [7, 11) is 0. The average Bonchev–Trinajstić information content (AvgIpc) is 2.33. The number of carboxylic acid groups (broad SMARTS) is 1. The molecule has 0 bridgehead atoms. The molecule has 0 radical (unpaired) electrons. The summed E-state index contributed by atoms with van der Waals surface area (Å²) in [5.74, 6) is -1.17. The van der Waals surface area contributed by atoms with Gasteiger partial charge in [-0.05, 0) is 36.8 Å². The first-order chi connectivity index (χ1) is 8.49. The zero-order valence-electron chi connectivity index (χ0n) is 9.47. The molecule has 18 heavy (non-hydrogen) atoms. The number of phenolic OH excluding ortho intramolecular Hbond substituents is 1. The Balaban J connectivity index is 2.57. The standard InChI is InChI=1S/C12H10N2O4/c1-6-4-7(2-3-10(6)15)9-5-8(12(17)18)11(16)14-13-9/h2-5,15H,1H3,(H,14,16)(H,17,18). The number of aromatic hydroxyl groups is 1. The van der Waals surface area contributed by atoms with Crippen molar-refractivity contribution in [2.75, 3.05) is 0 Å². The topological polar surface area (TPSA) is 103 Å². The number of nitrogens with one attached hydrogen (secondary N) is 1.